The van der Waals surface area contributed by atoms with E-state index in [0.29, 0.717) is 0 Å². The lowest BCUT2D eigenvalue weighted by Gasteiger charge is -2.35. The second-order valence-corrected chi connectivity index (χ2v) is 10.2. The number of amides is 1. The Morgan fingerprint density at radius 3 is 2.81 bits per heavy atom. The molecule has 4 rings (SSSR count). The average molecular weight is 475 g/mol. The number of thiophene rings is 1. The maximum atomic E-state index is 13.6. The van der Waals surface area contributed by atoms with E-state index in [-0.39, 0.29) is 17.7 Å². The molecule has 32 heavy (non-hydrogen) atoms. The minimum absolute atomic E-state index is 0.195. The number of aryl methyl sites for hydroxylation is 1. The lowest BCUT2D eigenvalue weighted by molar-refractivity contribution is -0.120. The van der Waals surface area contributed by atoms with Gasteiger partial charge in [-0.2, -0.15) is 27.8 Å². The fourth-order valence-corrected chi connectivity index (χ4v) is 5.84. The van der Waals surface area contributed by atoms with E-state index in [1.54, 1.807) is 16.9 Å². The van der Waals surface area contributed by atoms with E-state index in [9.17, 15) is 17.6 Å². The summed E-state index contributed by atoms with van der Waals surface area (Å²) in [4.78, 5) is 14.6. The second-order valence-electron chi connectivity index (χ2n) is 7.34. The van der Waals surface area contributed by atoms with Crippen molar-refractivity contribution in [1.29, 1.82) is 5.26 Å². The van der Waals surface area contributed by atoms with Crippen LogP contribution < -0.4 is 10.0 Å². The van der Waals surface area contributed by atoms with Crippen molar-refractivity contribution < 1.29 is 17.6 Å². The molecule has 2 atom stereocenters. The van der Waals surface area contributed by atoms with Gasteiger partial charge in [-0.1, -0.05) is 0 Å². The number of halogens is 1. The Kier molecular flexibility index (Phi) is 5.83. The molecule has 0 radical (unpaired) electrons. The summed E-state index contributed by atoms with van der Waals surface area (Å²) in [5, 5.41) is 15.7. The third kappa shape index (κ3) is 4.28. The summed E-state index contributed by atoms with van der Waals surface area (Å²) in [7, 11) is -0.780. The molecule has 3 aromatic rings. The molecule has 0 unspecified atom stereocenters. The lowest BCUT2D eigenvalue weighted by Crippen LogP contribution is -2.55. The molecule has 12 heteroatoms. The maximum absolute atomic E-state index is 13.6. The van der Waals surface area contributed by atoms with Gasteiger partial charge in [-0.15, -0.1) is 11.3 Å². The zero-order chi connectivity index (χ0) is 23.0. The van der Waals surface area contributed by atoms with Gasteiger partial charge in [0.15, 0.2) is 0 Å². The van der Waals surface area contributed by atoms with Gasteiger partial charge < -0.3 is 5.32 Å². The second kappa shape index (κ2) is 8.44. The first-order valence-electron chi connectivity index (χ1n) is 9.52. The maximum Gasteiger partial charge on any atom is 0.280 e. The molecule has 0 saturated carbocycles. The number of rotatable bonds is 4. The number of carbonyl (C=O) groups excluding carboxylic acids is 1. The normalized spacial score (nSPS) is 20.6. The number of nitriles is 1. The van der Waals surface area contributed by atoms with E-state index in [4.69, 9.17) is 5.26 Å². The van der Waals surface area contributed by atoms with E-state index >= 15 is 0 Å². The Labute approximate surface area is 188 Å². The number of nitrogens with zero attached hydrogens (tertiary/aromatic N) is 4. The van der Waals surface area contributed by atoms with Gasteiger partial charge in [-0.25, -0.2) is 4.39 Å². The minimum atomic E-state index is -3.92. The molecular formula is C20H19FN6O3S2. The van der Waals surface area contributed by atoms with Crippen molar-refractivity contribution in [1.82, 2.24) is 18.8 Å². The van der Waals surface area contributed by atoms with Crippen molar-refractivity contribution in [2.75, 3.05) is 12.4 Å². The summed E-state index contributed by atoms with van der Waals surface area (Å²) in [6.07, 6.45) is 3.78. The van der Waals surface area contributed by atoms with Crippen LogP contribution in [0.1, 0.15) is 22.9 Å². The molecule has 166 valence electrons. The zero-order valence-electron chi connectivity index (χ0n) is 17.1. The third-order valence-corrected chi connectivity index (χ3v) is 8.03. The van der Waals surface area contributed by atoms with Crippen molar-refractivity contribution in [2.24, 2.45) is 7.05 Å². The number of carbonyl (C=O) groups is 1. The molecule has 2 N–H and O–H groups in total. The first-order valence-corrected chi connectivity index (χ1v) is 11.8. The fourth-order valence-electron chi connectivity index (χ4n) is 3.45. The Balaban J connectivity index is 1.57. The van der Waals surface area contributed by atoms with Gasteiger partial charge in [0.1, 0.15) is 17.9 Å². The number of nitrogens with one attached hydrogen (secondary N) is 2. The van der Waals surface area contributed by atoms with Crippen LogP contribution >= 0.6 is 11.3 Å². The summed E-state index contributed by atoms with van der Waals surface area (Å²) in [6.45, 7) is 0. The van der Waals surface area contributed by atoms with Gasteiger partial charge in [0.2, 0.25) is 5.91 Å². The van der Waals surface area contributed by atoms with E-state index in [1.165, 1.54) is 30.5 Å². The van der Waals surface area contributed by atoms with Gasteiger partial charge in [0, 0.05) is 41.3 Å². The monoisotopic (exact) mass is 474 g/mol. The smallest absolute Gasteiger partial charge is 0.280 e. The molecule has 3 heterocycles. The van der Waals surface area contributed by atoms with Crippen LogP contribution in [0.3, 0.4) is 0 Å². The van der Waals surface area contributed by atoms with Crippen molar-refractivity contribution in [2.45, 2.75) is 18.5 Å². The highest BCUT2D eigenvalue weighted by molar-refractivity contribution is 7.87. The molecule has 0 bridgehead atoms. The average Bonchev–Trinajstić information content (AvgIpc) is 3.40. The van der Waals surface area contributed by atoms with E-state index < -0.39 is 34.0 Å². The minimum Gasteiger partial charge on any atom is -0.325 e. The van der Waals surface area contributed by atoms with E-state index in [1.807, 2.05) is 25.4 Å². The van der Waals surface area contributed by atoms with Crippen molar-refractivity contribution in [3.05, 3.63) is 59.0 Å². The van der Waals surface area contributed by atoms with E-state index in [2.05, 4.69) is 15.1 Å². The summed E-state index contributed by atoms with van der Waals surface area (Å²) in [5.41, 5.74) is 0.913. The van der Waals surface area contributed by atoms with Crippen molar-refractivity contribution in [3.8, 4) is 16.5 Å². The van der Waals surface area contributed by atoms with Crippen LogP contribution in [0.5, 0.6) is 0 Å². The van der Waals surface area contributed by atoms with Gasteiger partial charge in [0.25, 0.3) is 10.2 Å². The number of aromatic nitrogens is 2. The number of benzene rings is 1. The van der Waals surface area contributed by atoms with Crippen LogP contribution in [0.4, 0.5) is 10.1 Å². The van der Waals surface area contributed by atoms with Crippen LogP contribution in [0.25, 0.3) is 10.4 Å². The van der Waals surface area contributed by atoms with Crippen LogP contribution in [-0.4, -0.2) is 41.5 Å². The van der Waals surface area contributed by atoms with Crippen LogP contribution in [0.2, 0.25) is 0 Å². The molecule has 9 nitrogen and oxygen atoms in total. The Hall–Kier alpha value is -3.11. The largest absolute Gasteiger partial charge is 0.325 e. The molecule has 1 aromatic carbocycles. The molecule has 1 amide bonds. The first-order chi connectivity index (χ1) is 15.2. The van der Waals surface area contributed by atoms with Crippen LogP contribution in [-0.2, 0) is 22.1 Å². The highest BCUT2D eigenvalue weighted by Crippen LogP contribution is 2.36. The van der Waals surface area contributed by atoms with Gasteiger partial charge >= 0.3 is 0 Å². The molecule has 1 saturated heterocycles. The van der Waals surface area contributed by atoms with Gasteiger partial charge in [0.05, 0.1) is 17.8 Å². The predicted octanol–water partition coefficient (Wildman–Crippen LogP) is 2.38. The standard InChI is InChI=1S/C20H19FN6O3S2/c1-26-11-13(10-23-26)18-5-6-19(31-18)16-8-17(27(2)32(29,30)25-16)20(28)24-14-3-4-15(21)12(7-14)9-22/h3-7,10-11,16-17,25H,8H2,1-2H3,(H,24,28)/t16-,17+/m1/s1. The molecule has 2 aromatic heterocycles. The SMILES string of the molecule is CN1[C@H](C(=O)Nc2ccc(F)c(C#N)c2)C[C@H](c2ccc(-c3cnn(C)c3)s2)NS1(=O)=O. The number of anilines is 1. The summed E-state index contributed by atoms with van der Waals surface area (Å²) >= 11 is 1.42. The fraction of sp³-hybridized carbons (Fsp3) is 0.250. The summed E-state index contributed by atoms with van der Waals surface area (Å²) in [5.74, 6) is -1.27. The van der Waals surface area contributed by atoms with E-state index in [0.717, 1.165) is 25.7 Å². The molecule has 0 aliphatic carbocycles. The molecule has 1 aliphatic rings. The van der Waals surface area contributed by atoms with Gasteiger partial charge in [-0.3, -0.25) is 9.48 Å². The van der Waals surface area contributed by atoms with Gasteiger partial charge in [-0.05, 0) is 36.8 Å². The lowest BCUT2D eigenvalue weighted by atomic mass is 10.1. The van der Waals surface area contributed by atoms with Crippen molar-refractivity contribution >= 4 is 33.1 Å². The molecule has 1 fully saturated rings. The Morgan fingerprint density at radius 1 is 1.34 bits per heavy atom. The molecule has 0 spiro atoms. The molecular weight excluding hydrogens is 455 g/mol. The van der Waals surface area contributed by atoms with Crippen LogP contribution in [0.15, 0.2) is 42.7 Å². The number of hydrogen-bond donors (Lipinski definition) is 2. The quantitative estimate of drug-likeness (QED) is 0.602. The summed E-state index contributed by atoms with van der Waals surface area (Å²) in [6, 6.07) is 7.45. The highest BCUT2D eigenvalue weighted by Gasteiger charge is 2.41. The number of hydrogen-bond acceptors (Lipinski definition) is 6. The number of likely N-dealkylation sites (N-methyl/N-ethyl adjacent to an activating group) is 1. The Morgan fingerprint density at radius 2 is 2.12 bits per heavy atom. The highest BCUT2D eigenvalue weighted by atomic mass is 32.2. The predicted molar refractivity (Wildman–Crippen MR) is 117 cm³/mol. The summed E-state index contributed by atoms with van der Waals surface area (Å²) < 4.78 is 44.2. The topological polar surface area (TPSA) is 120 Å². The van der Waals surface area contributed by atoms with Crippen molar-refractivity contribution in [3.63, 3.8) is 0 Å². The molecule has 1 aliphatic heterocycles. The first kappa shape index (κ1) is 22.1. The van der Waals surface area contributed by atoms with Crippen LogP contribution in [0, 0.1) is 17.1 Å². The Bertz CT molecular complexity index is 1330. The zero-order valence-corrected chi connectivity index (χ0v) is 18.7. The third-order valence-electron chi connectivity index (χ3n) is 5.18.